The number of rotatable bonds is 19. The molecule has 0 saturated heterocycles. The molecule has 9 nitrogen and oxygen atoms in total. The summed E-state index contributed by atoms with van der Waals surface area (Å²) in [5.41, 5.74) is 0. The lowest BCUT2D eigenvalue weighted by molar-refractivity contribution is -0.138. The molecule has 0 aliphatic heterocycles. The van der Waals surface area contributed by atoms with Gasteiger partial charge < -0.3 is 25.2 Å². The summed E-state index contributed by atoms with van der Waals surface area (Å²) in [5.74, 6) is -1.42. The number of carbonyl (C=O) groups excluding carboxylic acids is 3. The second-order valence-electron chi connectivity index (χ2n) is 7.43. The van der Waals surface area contributed by atoms with Crippen molar-refractivity contribution in [2.24, 2.45) is 5.92 Å². The van der Waals surface area contributed by atoms with Gasteiger partial charge in [-0.15, -0.1) is 11.8 Å². The van der Waals surface area contributed by atoms with E-state index in [9.17, 15) is 19.2 Å². The summed E-state index contributed by atoms with van der Waals surface area (Å²) in [7, 11) is 0. The molecule has 180 valence electrons. The van der Waals surface area contributed by atoms with E-state index in [0.717, 1.165) is 6.42 Å². The largest absolute Gasteiger partial charge is 0.481 e. The van der Waals surface area contributed by atoms with Gasteiger partial charge in [-0.05, 0) is 6.42 Å². The van der Waals surface area contributed by atoms with Crippen LogP contribution in [0.4, 0.5) is 0 Å². The van der Waals surface area contributed by atoms with E-state index in [1.54, 1.807) is 0 Å². The van der Waals surface area contributed by atoms with Gasteiger partial charge in [-0.25, -0.2) is 0 Å². The quantitative estimate of drug-likeness (QED) is 0.247. The molecular formula is C21H38N2O7S. The first-order valence-electron chi connectivity index (χ1n) is 10.8. The Kier molecular flexibility index (Phi) is 17.0. The molecule has 3 N–H and O–H groups in total. The number of hydrogen-bond acceptors (Lipinski definition) is 7. The van der Waals surface area contributed by atoms with Crippen LogP contribution in [0, 0.1) is 5.92 Å². The molecule has 0 aromatic heterocycles. The van der Waals surface area contributed by atoms with Crippen LogP contribution in [0.1, 0.15) is 53.4 Å². The predicted octanol–water partition coefficient (Wildman–Crippen LogP) is 1.63. The number of ether oxygens (including phenoxy) is 2. The predicted molar refractivity (Wildman–Crippen MR) is 120 cm³/mol. The normalized spacial score (nSPS) is 12.9. The number of carboxylic acid groups (broad SMARTS) is 1. The molecule has 0 spiro atoms. The highest BCUT2D eigenvalue weighted by atomic mass is 32.2. The van der Waals surface area contributed by atoms with Crippen molar-refractivity contribution in [2.45, 2.75) is 63.9 Å². The zero-order valence-electron chi connectivity index (χ0n) is 19.1. The summed E-state index contributed by atoms with van der Waals surface area (Å²) in [6.07, 6.45) is 1.09. The lowest BCUT2D eigenvalue weighted by Crippen LogP contribution is -2.38. The zero-order chi connectivity index (χ0) is 23.6. The number of carbonyl (C=O) groups is 4. The van der Waals surface area contributed by atoms with Crippen molar-refractivity contribution in [3.63, 3.8) is 0 Å². The highest BCUT2D eigenvalue weighted by molar-refractivity contribution is 8.01. The van der Waals surface area contributed by atoms with E-state index in [2.05, 4.69) is 10.6 Å². The molecule has 10 heteroatoms. The Balaban J connectivity index is 3.81. The Hall–Kier alpha value is -1.65. The van der Waals surface area contributed by atoms with Crippen molar-refractivity contribution < 1.29 is 33.8 Å². The van der Waals surface area contributed by atoms with E-state index in [0.29, 0.717) is 39.4 Å². The molecule has 2 amide bonds. The van der Waals surface area contributed by atoms with Gasteiger partial charge in [-0.3, -0.25) is 19.2 Å². The molecule has 0 aromatic carbocycles. The first-order chi connectivity index (χ1) is 14.7. The molecular weight excluding hydrogens is 424 g/mol. The standard InChI is InChI=1S/C21H38N2O7S/c1-5-16(4)31-18(14-20(26)27)21(28)23-8-6-19(25)22-9-11-30-13-12-29-10-7-17(24)15(2)3/h15-16,18H,5-14H2,1-4H3,(H,22,25)(H,23,28)(H,26,27). The average Bonchev–Trinajstić information content (AvgIpc) is 2.71. The summed E-state index contributed by atoms with van der Waals surface area (Å²) >= 11 is 1.33. The Morgan fingerprint density at radius 1 is 0.903 bits per heavy atom. The van der Waals surface area contributed by atoms with Gasteiger partial charge >= 0.3 is 5.97 Å². The van der Waals surface area contributed by atoms with Crippen LogP contribution in [0.15, 0.2) is 0 Å². The number of Topliss-reactive ketones (excluding diaryl/α,β-unsaturated/α-hetero) is 1. The molecule has 0 rings (SSSR count). The minimum Gasteiger partial charge on any atom is -0.481 e. The summed E-state index contributed by atoms with van der Waals surface area (Å²) < 4.78 is 10.7. The van der Waals surface area contributed by atoms with E-state index >= 15 is 0 Å². The number of hydrogen-bond donors (Lipinski definition) is 3. The Labute approximate surface area is 189 Å². The van der Waals surface area contributed by atoms with Crippen molar-refractivity contribution in [1.82, 2.24) is 10.6 Å². The number of amides is 2. The maximum Gasteiger partial charge on any atom is 0.305 e. The molecule has 2 atom stereocenters. The lowest BCUT2D eigenvalue weighted by atomic mass is 10.1. The molecule has 0 radical (unpaired) electrons. The number of ketones is 1. The van der Waals surface area contributed by atoms with Crippen LogP contribution in [0.5, 0.6) is 0 Å². The molecule has 2 unspecified atom stereocenters. The molecule has 0 bridgehead atoms. The van der Waals surface area contributed by atoms with Crippen LogP contribution in [-0.2, 0) is 28.7 Å². The maximum atomic E-state index is 12.2. The van der Waals surface area contributed by atoms with E-state index in [4.69, 9.17) is 14.6 Å². The van der Waals surface area contributed by atoms with Crippen LogP contribution in [0.3, 0.4) is 0 Å². The smallest absolute Gasteiger partial charge is 0.305 e. The highest BCUT2D eigenvalue weighted by Gasteiger charge is 2.24. The van der Waals surface area contributed by atoms with E-state index in [1.165, 1.54) is 11.8 Å². The molecule has 0 fully saturated rings. The van der Waals surface area contributed by atoms with Crippen molar-refractivity contribution in [1.29, 1.82) is 0 Å². The molecule has 0 aliphatic carbocycles. The van der Waals surface area contributed by atoms with Crippen molar-refractivity contribution in [3.05, 3.63) is 0 Å². The number of nitrogens with one attached hydrogen (secondary N) is 2. The highest BCUT2D eigenvalue weighted by Crippen LogP contribution is 2.23. The third-order valence-electron chi connectivity index (χ3n) is 4.35. The SMILES string of the molecule is CCC(C)SC(CC(=O)O)C(=O)NCCC(=O)NCCOCCOCCC(=O)C(C)C. The Morgan fingerprint density at radius 2 is 1.55 bits per heavy atom. The Morgan fingerprint density at radius 3 is 2.13 bits per heavy atom. The third-order valence-corrected chi connectivity index (χ3v) is 5.86. The van der Waals surface area contributed by atoms with Gasteiger partial charge in [0, 0.05) is 37.1 Å². The minimum absolute atomic E-state index is 0.0200. The average molecular weight is 463 g/mol. The molecule has 0 aromatic rings. The Bertz CT molecular complexity index is 558. The summed E-state index contributed by atoms with van der Waals surface area (Å²) in [6, 6.07) is 0. The van der Waals surface area contributed by atoms with Gasteiger partial charge in [0.2, 0.25) is 11.8 Å². The summed E-state index contributed by atoms with van der Waals surface area (Å²) in [5, 5.41) is 13.8. The van der Waals surface area contributed by atoms with Crippen LogP contribution in [0.25, 0.3) is 0 Å². The fourth-order valence-electron chi connectivity index (χ4n) is 2.29. The zero-order valence-corrected chi connectivity index (χ0v) is 19.9. The molecule has 0 heterocycles. The van der Waals surface area contributed by atoms with Gasteiger partial charge in [-0.1, -0.05) is 27.7 Å². The number of thioether (sulfide) groups is 1. The van der Waals surface area contributed by atoms with Gasteiger partial charge in [0.15, 0.2) is 0 Å². The molecule has 31 heavy (non-hydrogen) atoms. The lowest BCUT2D eigenvalue weighted by Gasteiger charge is -2.18. The number of carboxylic acids is 1. The van der Waals surface area contributed by atoms with Gasteiger partial charge in [0.1, 0.15) is 5.78 Å². The monoisotopic (exact) mass is 462 g/mol. The van der Waals surface area contributed by atoms with E-state index in [1.807, 2.05) is 27.7 Å². The maximum absolute atomic E-state index is 12.2. The van der Waals surface area contributed by atoms with Gasteiger partial charge in [-0.2, -0.15) is 0 Å². The minimum atomic E-state index is -1.02. The van der Waals surface area contributed by atoms with Gasteiger partial charge in [0.25, 0.3) is 0 Å². The van der Waals surface area contributed by atoms with Crippen LogP contribution >= 0.6 is 11.8 Å². The summed E-state index contributed by atoms with van der Waals surface area (Å²) in [6.45, 7) is 9.60. The molecule has 0 saturated carbocycles. The topological polar surface area (TPSA) is 131 Å². The van der Waals surface area contributed by atoms with Crippen molar-refractivity contribution in [2.75, 3.05) is 39.5 Å². The van der Waals surface area contributed by atoms with Gasteiger partial charge in [0.05, 0.1) is 38.1 Å². The van der Waals surface area contributed by atoms with Crippen LogP contribution in [-0.4, -0.2) is 78.7 Å². The fourth-order valence-corrected chi connectivity index (χ4v) is 3.48. The first-order valence-corrected chi connectivity index (χ1v) is 11.7. The van der Waals surface area contributed by atoms with Crippen LogP contribution < -0.4 is 10.6 Å². The summed E-state index contributed by atoms with van der Waals surface area (Å²) in [4.78, 5) is 46.4. The fraction of sp³-hybridized carbons (Fsp3) is 0.810. The van der Waals surface area contributed by atoms with E-state index < -0.39 is 11.2 Å². The second kappa shape index (κ2) is 18.0. The van der Waals surface area contributed by atoms with E-state index in [-0.39, 0.29) is 48.2 Å². The third kappa shape index (κ3) is 16.7. The van der Waals surface area contributed by atoms with Crippen molar-refractivity contribution >= 4 is 35.3 Å². The molecule has 0 aliphatic rings. The first kappa shape index (κ1) is 29.4. The van der Waals surface area contributed by atoms with Crippen LogP contribution in [0.2, 0.25) is 0 Å². The second-order valence-corrected chi connectivity index (χ2v) is 9.07. The number of aliphatic carboxylic acids is 1. The van der Waals surface area contributed by atoms with Crippen molar-refractivity contribution in [3.8, 4) is 0 Å².